The van der Waals surface area contributed by atoms with Gasteiger partial charge in [0.25, 0.3) is 0 Å². The highest BCUT2D eigenvalue weighted by Gasteiger charge is 2.59. The molecule has 6 heteroatoms. The molecule has 0 aromatic heterocycles. The molecular weight excluding hydrogens is 438 g/mol. The van der Waals surface area contributed by atoms with Crippen molar-refractivity contribution < 1.29 is 15.1 Å². The van der Waals surface area contributed by atoms with Gasteiger partial charge in [0.15, 0.2) is 0 Å². The van der Waals surface area contributed by atoms with Gasteiger partial charge in [-0.3, -0.25) is 4.90 Å². The summed E-state index contributed by atoms with van der Waals surface area (Å²) in [6, 6.07) is 0. The quantitative estimate of drug-likeness (QED) is 0.338. The third-order valence-corrected chi connectivity index (χ3v) is 11.1. The molecule has 0 radical (unpaired) electrons. The summed E-state index contributed by atoms with van der Waals surface area (Å²) in [6.07, 6.45) is 11.2. The molecule has 4 fully saturated rings. The average Bonchev–Trinajstić information content (AvgIpc) is 3.18. The Morgan fingerprint density at radius 3 is 2.66 bits per heavy atom. The Morgan fingerprint density at radius 1 is 1.11 bits per heavy atom. The molecule has 6 nitrogen and oxygen atoms in total. The van der Waals surface area contributed by atoms with Crippen LogP contribution >= 0.6 is 0 Å². The van der Waals surface area contributed by atoms with Crippen LogP contribution in [0.15, 0.2) is 16.8 Å². The van der Waals surface area contributed by atoms with Crippen LogP contribution < -0.4 is 0 Å². The standard InChI is InChI=1S/C29H49N3O3/c1-20(30-35-19-23(34)18-32-15-13-31(4)14-16-32)25-7-8-26-24-6-5-21-17-22(33)9-11-28(21,2)27(24)10-12-29(25,26)3/h5,22-27,33-34H,6-19H2,1-4H3/t22?,23?,24-,25+,26-,27-,28-,29+/m0/s1. The van der Waals surface area contributed by atoms with Crippen molar-refractivity contribution in [1.82, 2.24) is 9.80 Å². The first-order valence-corrected chi connectivity index (χ1v) is 14.3. The van der Waals surface area contributed by atoms with Crippen molar-refractivity contribution >= 4 is 5.71 Å². The third kappa shape index (κ3) is 4.85. The minimum atomic E-state index is -0.490. The minimum Gasteiger partial charge on any atom is -0.393 e. The Bertz CT molecular complexity index is 822. The Hall–Kier alpha value is -0.950. The number of hydrogen-bond acceptors (Lipinski definition) is 6. The zero-order valence-corrected chi connectivity index (χ0v) is 22.6. The molecule has 3 saturated carbocycles. The van der Waals surface area contributed by atoms with Crippen molar-refractivity contribution in [3.63, 3.8) is 0 Å². The highest BCUT2D eigenvalue weighted by molar-refractivity contribution is 5.85. The van der Waals surface area contributed by atoms with Crippen molar-refractivity contribution in [3.8, 4) is 0 Å². The van der Waals surface area contributed by atoms with Gasteiger partial charge >= 0.3 is 0 Å². The van der Waals surface area contributed by atoms with E-state index in [9.17, 15) is 10.2 Å². The summed E-state index contributed by atoms with van der Waals surface area (Å²) in [6.45, 7) is 12.3. The molecular formula is C29H49N3O3. The zero-order valence-electron chi connectivity index (χ0n) is 22.6. The summed E-state index contributed by atoms with van der Waals surface area (Å²) in [4.78, 5) is 10.4. The monoisotopic (exact) mass is 487 g/mol. The third-order valence-electron chi connectivity index (χ3n) is 11.1. The maximum absolute atomic E-state index is 10.5. The van der Waals surface area contributed by atoms with Crippen LogP contribution in [0.3, 0.4) is 0 Å². The van der Waals surface area contributed by atoms with Gasteiger partial charge in [0.05, 0.1) is 11.8 Å². The number of allylic oxidation sites excluding steroid dienone is 1. The van der Waals surface area contributed by atoms with Crippen molar-refractivity contribution in [2.75, 3.05) is 46.4 Å². The van der Waals surface area contributed by atoms with Gasteiger partial charge in [0.1, 0.15) is 12.7 Å². The fraction of sp³-hybridized carbons (Fsp3) is 0.897. The molecule has 198 valence electrons. The lowest BCUT2D eigenvalue weighted by Gasteiger charge is -2.58. The molecule has 0 aromatic carbocycles. The molecule has 1 aliphatic heterocycles. The molecule has 8 atom stereocenters. The maximum atomic E-state index is 10.5. The van der Waals surface area contributed by atoms with Crippen LogP contribution in [0.2, 0.25) is 0 Å². The van der Waals surface area contributed by atoms with Gasteiger partial charge in [-0.05, 0) is 93.9 Å². The summed E-state index contributed by atoms with van der Waals surface area (Å²) >= 11 is 0. The number of likely N-dealkylation sites (N-methyl/N-ethyl adjacent to an activating group) is 1. The van der Waals surface area contributed by atoms with E-state index in [2.05, 4.69) is 48.9 Å². The average molecular weight is 488 g/mol. The molecule has 5 aliphatic rings. The molecule has 0 aromatic rings. The fourth-order valence-corrected chi connectivity index (χ4v) is 9.00. The molecule has 0 spiro atoms. The molecule has 0 amide bonds. The van der Waals surface area contributed by atoms with Crippen LogP contribution in [-0.2, 0) is 4.84 Å². The topological polar surface area (TPSA) is 68.5 Å². The SMILES string of the molecule is CC(=NOCC(O)CN1CCN(C)CC1)[C@H]1CC[C@H]2[C@@H]3CC=C4CC(O)CC[C@]4(C)[C@H]3CC[C@]12C. The number of aliphatic hydroxyl groups excluding tert-OH is 2. The smallest absolute Gasteiger partial charge is 0.144 e. The van der Waals surface area contributed by atoms with E-state index in [4.69, 9.17) is 4.84 Å². The molecule has 1 heterocycles. The van der Waals surface area contributed by atoms with Gasteiger partial charge in [-0.25, -0.2) is 0 Å². The van der Waals surface area contributed by atoms with Crippen molar-refractivity contribution in [2.45, 2.75) is 84.3 Å². The molecule has 35 heavy (non-hydrogen) atoms. The molecule has 2 unspecified atom stereocenters. The number of oxime groups is 1. The zero-order chi connectivity index (χ0) is 24.8. The molecule has 0 bridgehead atoms. The number of hydrogen-bond donors (Lipinski definition) is 2. The number of β-amino-alcohol motifs (C(OH)–C–C–N with tert-alkyl or cyclic N) is 1. The molecule has 4 aliphatic carbocycles. The van der Waals surface area contributed by atoms with Gasteiger partial charge in [-0.1, -0.05) is 30.7 Å². The van der Waals surface area contributed by atoms with Crippen LogP contribution in [-0.4, -0.2) is 84.3 Å². The number of aliphatic hydroxyl groups is 2. The highest BCUT2D eigenvalue weighted by Crippen LogP contribution is 2.66. The number of piperazine rings is 1. The second-order valence-electron chi connectivity index (χ2n) is 13.1. The normalized spacial score (nSPS) is 43.7. The second-order valence-corrected chi connectivity index (χ2v) is 13.1. The maximum Gasteiger partial charge on any atom is 0.144 e. The number of fused-ring (bicyclic) bond motifs is 5. The largest absolute Gasteiger partial charge is 0.393 e. The van der Waals surface area contributed by atoms with Gasteiger partial charge in [0.2, 0.25) is 0 Å². The van der Waals surface area contributed by atoms with E-state index in [1.54, 1.807) is 5.57 Å². The second kappa shape index (κ2) is 10.1. The van der Waals surface area contributed by atoms with Crippen LogP contribution in [0, 0.1) is 34.5 Å². The van der Waals surface area contributed by atoms with Crippen LogP contribution in [0.5, 0.6) is 0 Å². The van der Waals surface area contributed by atoms with E-state index in [-0.39, 0.29) is 12.7 Å². The lowest BCUT2D eigenvalue weighted by atomic mass is 9.47. The van der Waals surface area contributed by atoms with Gasteiger partial charge in [-0.15, -0.1) is 0 Å². The lowest BCUT2D eigenvalue weighted by Crippen LogP contribution is -2.50. The minimum absolute atomic E-state index is 0.130. The van der Waals surface area contributed by atoms with Crippen LogP contribution in [0.4, 0.5) is 0 Å². The van der Waals surface area contributed by atoms with E-state index in [0.29, 0.717) is 23.3 Å². The molecule has 2 N–H and O–H groups in total. The van der Waals surface area contributed by atoms with E-state index >= 15 is 0 Å². The summed E-state index contributed by atoms with van der Waals surface area (Å²) in [5.41, 5.74) is 3.27. The van der Waals surface area contributed by atoms with Crippen molar-refractivity contribution in [1.29, 1.82) is 0 Å². The first-order chi connectivity index (χ1) is 16.7. The Kier molecular flexibility index (Phi) is 7.39. The van der Waals surface area contributed by atoms with E-state index in [1.807, 2.05) is 0 Å². The Balaban J connectivity index is 1.19. The summed E-state index contributed by atoms with van der Waals surface area (Å²) in [5, 5.41) is 25.3. The van der Waals surface area contributed by atoms with Gasteiger partial charge < -0.3 is 20.0 Å². The predicted octanol–water partition coefficient (Wildman–Crippen LogP) is 3.93. The fourth-order valence-electron chi connectivity index (χ4n) is 9.00. The number of nitrogens with zero attached hydrogens (tertiary/aromatic N) is 3. The summed E-state index contributed by atoms with van der Waals surface area (Å²) in [5.74, 6) is 2.77. The van der Waals surface area contributed by atoms with E-state index < -0.39 is 6.10 Å². The Morgan fingerprint density at radius 2 is 1.89 bits per heavy atom. The molecule has 5 rings (SSSR count). The van der Waals surface area contributed by atoms with Crippen molar-refractivity contribution in [3.05, 3.63) is 11.6 Å². The van der Waals surface area contributed by atoms with E-state index in [1.165, 1.54) is 32.1 Å². The first-order valence-electron chi connectivity index (χ1n) is 14.3. The Labute approximate surface area is 212 Å². The van der Waals surface area contributed by atoms with Gasteiger partial charge in [-0.2, -0.15) is 0 Å². The summed E-state index contributed by atoms with van der Waals surface area (Å²) in [7, 11) is 2.15. The van der Waals surface area contributed by atoms with Gasteiger partial charge in [0, 0.05) is 38.6 Å². The summed E-state index contributed by atoms with van der Waals surface area (Å²) < 4.78 is 0. The van der Waals surface area contributed by atoms with Crippen LogP contribution in [0.1, 0.15) is 72.1 Å². The van der Waals surface area contributed by atoms with Crippen LogP contribution in [0.25, 0.3) is 0 Å². The number of rotatable bonds is 6. The van der Waals surface area contributed by atoms with E-state index in [0.717, 1.165) is 68.9 Å². The first kappa shape index (κ1) is 25.7. The predicted molar refractivity (Wildman–Crippen MR) is 140 cm³/mol. The highest BCUT2D eigenvalue weighted by atomic mass is 16.6. The molecule has 1 saturated heterocycles. The lowest BCUT2D eigenvalue weighted by molar-refractivity contribution is -0.0429. The van der Waals surface area contributed by atoms with Crippen molar-refractivity contribution in [2.24, 2.45) is 39.7 Å².